The first-order chi connectivity index (χ1) is 17.2. The Kier molecular flexibility index (Phi) is 8.51. The van der Waals surface area contributed by atoms with Gasteiger partial charge in [-0.3, -0.25) is 0 Å². The van der Waals surface area contributed by atoms with Crippen LogP contribution in [0.1, 0.15) is 67.7 Å². The van der Waals surface area contributed by atoms with E-state index in [1.807, 2.05) is 42.9 Å². The molecule has 0 amide bonds. The van der Waals surface area contributed by atoms with Gasteiger partial charge in [0.1, 0.15) is 0 Å². The van der Waals surface area contributed by atoms with E-state index >= 15 is 0 Å². The number of alkyl halides is 2. The zero-order valence-electron chi connectivity index (χ0n) is 22.4. The second kappa shape index (κ2) is 11.3. The molecule has 0 N–H and O–H groups in total. The van der Waals surface area contributed by atoms with Crippen molar-refractivity contribution in [2.75, 3.05) is 44.9 Å². The lowest BCUT2D eigenvalue weighted by Crippen LogP contribution is -2.42. The monoisotopic (exact) mass is 512 g/mol. The fourth-order valence-electron chi connectivity index (χ4n) is 6.31. The van der Waals surface area contributed by atoms with Gasteiger partial charge in [0.25, 0.3) is 6.43 Å². The highest BCUT2D eigenvalue weighted by atomic mass is 32.2. The van der Waals surface area contributed by atoms with Gasteiger partial charge in [-0.25, -0.2) is 8.78 Å². The Bertz CT molecular complexity index is 1020. The van der Waals surface area contributed by atoms with E-state index in [4.69, 9.17) is 0 Å². The molecule has 2 aliphatic rings. The minimum atomic E-state index is -2.46. The number of rotatable bonds is 10. The van der Waals surface area contributed by atoms with Crippen LogP contribution in [-0.2, 0) is 16.6 Å². The number of benzene rings is 2. The predicted molar refractivity (Wildman–Crippen MR) is 152 cm³/mol. The molecule has 2 fully saturated rings. The molecule has 0 radical (unpaired) electrons. The maximum Gasteiger partial charge on any atom is 0.263 e. The maximum absolute atomic E-state index is 13.5. The molecule has 4 rings (SSSR count). The Labute approximate surface area is 221 Å². The number of likely N-dealkylation sites (tertiary alicyclic amines) is 1. The zero-order chi connectivity index (χ0) is 25.9. The van der Waals surface area contributed by atoms with Gasteiger partial charge in [-0.2, -0.15) is 11.8 Å². The van der Waals surface area contributed by atoms with E-state index in [1.165, 1.54) is 24.0 Å². The number of thioether (sulfide) groups is 1. The van der Waals surface area contributed by atoms with Crippen LogP contribution in [0.4, 0.5) is 14.5 Å². The standard InChI is InChI=1S/C31H42F2N2S/c1-6-30(27-20-25(29(32)33)11-14-28(27)34(3)4)15-18-35(19-16-30)17-7-8-24-9-12-26(13-10-24)31(36-5)21-23(2)22-31/h6,9-14,20,23,29H,1,7-8,15-19,21-22H2,2-5H3. The van der Waals surface area contributed by atoms with Crippen LogP contribution in [0.5, 0.6) is 0 Å². The molecule has 1 saturated carbocycles. The molecular formula is C31H42F2N2S. The molecule has 2 aromatic carbocycles. The van der Waals surface area contributed by atoms with Crippen LogP contribution < -0.4 is 4.90 Å². The summed E-state index contributed by atoms with van der Waals surface area (Å²) in [5.41, 5.74) is 4.74. The van der Waals surface area contributed by atoms with Crippen LogP contribution in [0.2, 0.25) is 0 Å². The summed E-state index contributed by atoms with van der Waals surface area (Å²) in [5, 5.41) is 0. The summed E-state index contributed by atoms with van der Waals surface area (Å²) >= 11 is 2.01. The number of hydrogen-bond donors (Lipinski definition) is 0. The Hall–Kier alpha value is -1.85. The van der Waals surface area contributed by atoms with Gasteiger partial charge in [0.05, 0.1) is 0 Å². The van der Waals surface area contributed by atoms with E-state index in [2.05, 4.69) is 48.9 Å². The average Bonchev–Trinajstić information content (AvgIpc) is 2.87. The van der Waals surface area contributed by atoms with Crippen LogP contribution in [0.3, 0.4) is 0 Å². The van der Waals surface area contributed by atoms with Crippen molar-refractivity contribution in [3.05, 3.63) is 77.4 Å². The molecule has 1 heterocycles. The lowest BCUT2D eigenvalue weighted by Gasteiger charge is -2.46. The predicted octanol–water partition coefficient (Wildman–Crippen LogP) is 7.83. The fourth-order valence-corrected chi connectivity index (χ4v) is 7.58. The summed E-state index contributed by atoms with van der Waals surface area (Å²) in [6, 6.07) is 14.5. The van der Waals surface area contributed by atoms with Crippen molar-refractivity contribution in [1.29, 1.82) is 0 Å². The number of hydrogen-bond acceptors (Lipinski definition) is 3. The highest BCUT2D eigenvalue weighted by Gasteiger charge is 2.42. The lowest BCUT2D eigenvalue weighted by molar-refractivity contribution is 0.150. The average molecular weight is 513 g/mol. The largest absolute Gasteiger partial charge is 0.377 e. The van der Waals surface area contributed by atoms with Gasteiger partial charge >= 0.3 is 0 Å². The number of anilines is 1. The summed E-state index contributed by atoms with van der Waals surface area (Å²) in [4.78, 5) is 4.56. The molecule has 2 aromatic rings. The summed E-state index contributed by atoms with van der Waals surface area (Å²) in [6.07, 6.45) is 8.42. The molecule has 196 valence electrons. The molecule has 0 spiro atoms. The number of aryl methyl sites for hydroxylation is 1. The second-order valence-corrected chi connectivity index (χ2v) is 12.4. The number of nitrogens with zero attached hydrogens (tertiary/aromatic N) is 2. The summed E-state index contributed by atoms with van der Waals surface area (Å²) < 4.78 is 27.3. The van der Waals surface area contributed by atoms with Crippen molar-refractivity contribution in [3.63, 3.8) is 0 Å². The van der Waals surface area contributed by atoms with Crippen LogP contribution >= 0.6 is 11.8 Å². The summed E-state index contributed by atoms with van der Waals surface area (Å²) in [7, 11) is 3.96. The van der Waals surface area contributed by atoms with E-state index in [0.717, 1.165) is 62.5 Å². The molecule has 1 aliphatic heterocycles. The first kappa shape index (κ1) is 27.2. The van der Waals surface area contributed by atoms with E-state index < -0.39 is 6.43 Å². The first-order valence-electron chi connectivity index (χ1n) is 13.3. The number of halogens is 2. The molecule has 0 atom stereocenters. The van der Waals surface area contributed by atoms with Gasteiger partial charge in [0, 0.05) is 35.5 Å². The van der Waals surface area contributed by atoms with E-state index in [-0.39, 0.29) is 11.0 Å². The highest BCUT2D eigenvalue weighted by Crippen LogP contribution is 2.54. The molecule has 2 nitrogen and oxygen atoms in total. The van der Waals surface area contributed by atoms with Crippen LogP contribution in [-0.4, -0.2) is 44.9 Å². The minimum Gasteiger partial charge on any atom is -0.377 e. The van der Waals surface area contributed by atoms with Gasteiger partial charge in [-0.15, -0.1) is 6.58 Å². The smallest absolute Gasteiger partial charge is 0.263 e. The number of allylic oxidation sites excluding steroid dienone is 1. The second-order valence-electron chi connectivity index (χ2n) is 11.2. The van der Waals surface area contributed by atoms with Crippen molar-refractivity contribution >= 4 is 17.4 Å². The zero-order valence-corrected chi connectivity index (χ0v) is 23.2. The van der Waals surface area contributed by atoms with Crippen molar-refractivity contribution in [1.82, 2.24) is 4.90 Å². The molecule has 0 aromatic heterocycles. The van der Waals surface area contributed by atoms with Crippen LogP contribution in [0.25, 0.3) is 0 Å². The molecule has 5 heteroatoms. The highest BCUT2D eigenvalue weighted by molar-refractivity contribution is 7.99. The van der Waals surface area contributed by atoms with Gasteiger partial charge in [0.2, 0.25) is 0 Å². The summed E-state index contributed by atoms with van der Waals surface area (Å²) in [5.74, 6) is 0.837. The van der Waals surface area contributed by atoms with Crippen molar-refractivity contribution in [3.8, 4) is 0 Å². The van der Waals surface area contributed by atoms with Crippen molar-refractivity contribution < 1.29 is 8.78 Å². The van der Waals surface area contributed by atoms with Crippen LogP contribution in [0.15, 0.2) is 55.1 Å². The van der Waals surface area contributed by atoms with Crippen LogP contribution in [0, 0.1) is 5.92 Å². The van der Waals surface area contributed by atoms with E-state index in [1.54, 1.807) is 12.1 Å². The number of piperidine rings is 1. The molecule has 36 heavy (non-hydrogen) atoms. The normalized spacial score (nSPS) is 23.9. The molecular weight excluding hydrogens is 470 g/mol. The van der Waals surface area contributed by atoms with Crippen molar-refractivity contribution in [2.24, 2.45) is 5.92 Å². The van der Waals surface area contributed by atoms with Crippen molar-refractivity contribution in [2.45, 2.75) is 62.0 Å². The first-order valence-corrected chi connectivity index (χ1v) is 14.5. The SMILES string of the molecule is C=CC1(c2cc(C(F)F)ccc2N(C)C)CCN(CCCc2ccc(C3(SC)CC(C)C3)cc2)CC1. The van der Waals surface area contributed by atoms with Gasteiger partial charge in [-0.1, -0.05) is 43.3 Å². The third-order valence-electron chi connectivity index (χ3n) is 8.60. The minimum absolute atomic E-state index is 0.0977. The van der Waals surface area contributed by atoms with Gasteiger partial charge in [0.15, 0.2) is 0 Å². The van der Waals surface area contributed by atoms with Gasteiger partial charge < -0.3 is 9.80 Å². The van der Waals surface area contributed by atoms with E-state index in [9.17, 15) is 8.78 Å². The molecule has 0 unspecified atom stereocenters. The molecule has 1 aliphatic carbocycles. The Morgan fingerprint density at radius 3 is 2.31 bits per heavy atom. The third-order valence-corrected chi connectivity index (χ3v) is 9.95. The van der Waals surface area contributed by atoms with Gasteiger partial charge in [-0.05, 0) is 99.2 Å². The fraction of sp³-hybridized carbons (Fsp3) is 0.548. The molecule has 1 saturated heterocycles. The Balaban J connectivity index is 1.34. The summed E-state index contributed by atoms with van der Waals surface area (Å²) in [6.45, 7) is 9.50. The lowest BCUT2D eigenvalue weighted by atomic mass is 9.71. The van der Waals surface area contributed by atoms with E-state index in [0.29, 0.717) is 4.75 Å². The Morgan fingerprint density at radius 1 is 1.11 bits per heavy atom. The third kappa shape index (κ3) is 5.52. The molecule has 0 bridgehead atoms. The quantitative estimate of drug-likeness (QED) is 0.300. The topological polar surface area (TPSA) is 6.48 Å². The maximum atomic E-state index is 13.5. The Morgan fingerprint density at radius 2 is 1.78 bits per heavy atom.